The highest BCUT2D eigenvalue weighted by atomic mass is 127. The highest BCUT2D eigenvalue weighted by Gasteiger charge is 2.26. The van der Waals surface area contributed by atoms with Crippen LogP contribution in [0.25, 0.3) is 0 Å². The van der Waals surface area contributed by atoms with Gasteiger partial charge in [-0.05, 0) is 37.7 Å². The number of amides is 1. The summed E-state index contributed by atoms with van der Waals surface area (Å²) in [5.74, 6) is 2.23. The molecule has 2 aliphatic rings. The molecule has 0 bridgehead atoms. The largest absolute Gasteiger partial charge is 0.369 e. The maximum Gasteiger partial charge on any atom is 0.222 e. The molecule has 0 radical (unpaired) electrons. The molecule has 0 spiro atoms. The predicted octanol–water partition coefficient (Wildman–Crippen LogP) is 1.48. The first kappa shape index (κ1) is 20.7. The van der Waals surface area contributed by atoms with E-state index in [1.807, 2.05) is 6.07 Å². The Bertz CT molecular complexity index is 634. The van der Waals surface area contributed by atoms with Gasteiger partial charge in [-0.2, -0.15) is 0 Å². The van der Waals surface area contributed by atoms with Gasteiger partial charge in [-0.1, -0.05) is 6.07 Å². The SMILES string of the molecule is CN=C(NCc1cccnc1N1CCCC(C(N)=O)C1)NCC1CC1.I. The van der Waals surface area contributed by atoms with Gasteiger partial charge in [-0.3, -0.25) is 9.79 Å². The summed E-state index contributed by atoms with van der Waals surface area (Å²) in [5.41, 5.74) is 6.60. The van der Waals surface area contributed by atoms with Crippen molar-refractivity contribution in [2.24, 2.45) is 22.6 Å². The van der Waals surface area contributed by atoms with Gasteiger partial charge in [0.15, 0.2) is 5.96 Å². The first-order valence-electron chi connectivity index (χ1n) is 9.10. The standard InChI is InChI=1S/C18H28N6O.HI/c1-20-18(22-10-13-6-7-13)23-11-14-4-2-8-21-17(14)24-9-3-5-15(12-24)16(19)25;/h2,4,8,13,15H,3,5-7,9-12H2,1H3,(H2,19,25)(H2,20,22,23);1H. The lowest BCUT2D eigenvalue weighted by molar-refractivity contribution is -0.122. The molecule has 1 aromatic heterocycles. The molecule has 1 aliphatic heterocycles. The monoisotopic (exact) mass is 472 g/mol. The molecule has 1 aliphatic carbocycles. The van der Waals surface area contributed by atoms with Crippen LogP contribution < -0.4 is 21.3 Å². The lowest BCUT2D eigenvalue weighted by atomic mass is 9.97. The van der Waals surface area contributed by atoms with Gasteiger partial charge >= 0.3 is 0 Å². The van der Waals surface area contributed by atoms with Crippen LogP contribution in [-0.4, -0.2) is 43.5 Å². The van der Waals surface area contributed by atoms with Crippen LogP contribution in [-0.2, 0) is 11.3 Å². The molecule has 26 heavy (non-hydrogen) atoms. The third-order valence-electron chi connectivity index (χ3n) is 4.92. The number of pyridine rings is 1. The summed E-state index contributed by atoms with van der Waals surface area (Å²) < 4.78 is 0. The Hall–Kier alpha value is -1.58. The lowest BCUT2D eigenvalue weighted by Crippen LogP contribution is -2.42. The molecule has 1 saturated heterocycles. The summed E-state index contributed by atoms with van der Waals surface area (Å²) in [6.07, 6.45) is 6.25. The van der Waals surface area contributed by atoms with E-state index in [0.717, 1.165) is 49.2 Å². The Kier molecular flexibility index (Phi) is 7.92. The fourth-order valence-corrected chi connectivity index (χ4v) is 3.22. The smallest absolute Gasteiger partial charge is 0.222 e. The average Bonchev–Trinajstić information content (AvgIpc) is 3.46. The predicted molar refractivity (Wildman–Crippen MR) is 115 cm³/mol. The molecular formula is C18H29IN6O. The van der Waals surface area contributed by atoms with Crippen LogP contribution in [0.2, 0.25) is 0 Å². The Morgan fingerprint density at radius 2 is 2.19 bits per heavy atom. The van der Waals surface area contributed by atoms with Crippen molar-refractivity contribution in [1.29, 1.82) is 0 Å². The number of carbonyl (C=O) groups is 1. The zero-order valence-corrected chi connectivity index (χ0v) is 17.6. The molecule has 1 amide bonds. The quantitative estimate of drug-likeness (QED) is 0.331. The minimum atomic E-state index is -0.218. The molecule has 144 valence electrons. The summed E-state index contributed by atoms with van der Waals surface area (Å²) >= 11 is 0. The molecule has 1 atom stereocenters. The number of nitrogens with zero attached hydrogens (tertiary/aromatic N) is 3. The maximum atomic E-state index is 11.5. The van der Waals surface area contributed by atoms with Gasteiger partial charge in [0.1, 0.15) is 5.82 Å². The molecule has 7 nitrogen and oxygen atoms in total. The van der Waals surface area contributed by atoms with Crippen LogP contribution >= 0.6 is 24.0 Å². The Morgan fingerprint density at radius 3 is 2.88 bits per heavy atom. The van der Waals surface area contributed by atoms with Gasteiger partial charge < -0.3 is 21.3 Å². The fourth-order valence-electron chi connectivity index (χ4n) is 3.22. The van der Waals surface area contributed by atoms with E-state index in [1.165, 1.54) is 12.8 Å². The molecule has 3 rings (SSSR count). The van der Waals surface area contributed by atoms with Crippen molar-refractivity contribution in [1.82, 2.24) is 15.6 Å². The van der Waals surface area contributed by atoms with Gasteiger partial charge in [-0.25, -0.2) is 4.98 Å². The number of carbonyl (C=O) groups excluding carboxylic acids is 1. The fraction of sp³-hybridized carbons (Fsp3) is 0.611. The Labute approximate surface area is 172 Å². The van der Waals surface area contributed by atoms with Crippen LogP contribution in [0.3, 0.4) is 0 Å². The third-order valence-corrected chi connectivity index (χ3v) is 4.92. The average molecular weight is 472 g/mol. The highest BCUT2D eigenvalue weighted by Crippen LogP contribution is 2.27. The molecule has 8 heteroatoms. The van der Waals surface area contributed by atoms with Gasteiger partial charge in [0.2, 0.25) is 5.91 Å². The van der Waals surface area contributed by atoms with E-state index in [9.17, 15) is 4.79 Å². The zero-order chi connectivity index (χ0) is 17.6. The topological polar surface area (TPSA) is 95.6 Å². The number of anilines is 1. The number of rotatable bonds is 6. The first-order valence-corrected chi connectivity index (χ1v) is 9.10. The zero-order valence-electron chi connectivity index (χ0n) is 15.3. The van der Waals surface area contributed by atoms with Crippen molar-refractivity contribution in [3.8, 4) is 0 Å². The first-order chi connectivity index (χ1) is 12.2. The summed E-state index contributed by atoms with van der Waals surface area (Å²) in [5, 5.41) is 6.73. The number of nitrogens with two attached hydrogens (primary N) is 1. The molecule has 0 aromatic carbocycles. The van der Waals surface area contributed by atoms with E-state index in [-0.39, 0.29) is 35.8 Å². The molecule has 4 N–H and O–H groups in total. The van der Waals surface area contributed by atoms with Crippen LogP contribution in [0, 0.1) is 11.8 Å². The number of guanidine groups is 1. The molecule has 1 saturated carbocycles. The van der Waals surface area contributed by atoms with Crippen molar-refractivity contribution < 1.29 is 4.79 Å². The second-order valence-electron chi connectivity index (χ2n) is 6.92. The molecule has 1 unspecified atom stereocenters. The van der Waals surface area contributed by atoms with Crippen LogP contribution in [0.4, 0.5) is 5.82 Å². The van der Waals surface area contributed by atoms with Gasteiger partial charge in [0, 0.05) is 45.0 Å². The summed E-state index contributed by atoms with van der Waals surface area (Å²) in [6, 6.07) is 4.01. The second kappa shape index (κ2) is 9.94. The Balaban J connectivity index is 0.00000243. The summed E-state index contributed by atoms with van der Waals surface area (Å²) in [6.45, 7) is 3.17. The van der Waals surface area contributed by atoms with E-state index in [4.69, 9.17) is 5.73 Å². The van der Waals surface area contributed by atoms with E-state index < -0.39 is 0 Å². The number of nitrogens with one attached hydrogen (secondary N) is 2. The van der Waals surface area contributed by atoms with Gasteiger partial charge in [0.25, 0.3) is 0 Å². The molecular weight excluding hydrogens is 443 g/mol. The normalized spacial score (nSPS) is 20.3. The van der Waals surface area contributed by atoms with Gasteiger partial charge in [0.05, 0.1) is 5.92 Å². The van der Waals surface area contributed by atoms with Gasteiger partial charge in [-0.15, -0.1) is 24.0 Å². The highest BCUT2D eigenvalue weighted by molar-refractivity contribution is 14.0. The van der Waals surface area contributed by atoms with E-state index in [0.29, 0.717) is 13.1 Å². The van der Waals surface area contributed by atoms with Crippen LogP contribution in [0.5, 0.6) is 0 Å². The number of aliphatic imine (C=N–C) groups is 1. The number of halogens is 1. The molecule has 1 aromatic rings. The van der Waals surface area contributed by atoms with Crippen LogP contribution in [0.1, 0.15) is 31.2 Å². The summed E-state index contributed by atoms with van der Waals surface area (Å²) in [4.78, 5) is 22.6. The van der Waals surface area contributed by atoms with E-state index in [2.05, 4.69) is 31.6 Å². The second-order valence-corrected chi connectivity index (χ2v) is 6.92. The number of hydrogen-bond donors (Lipinski definition) is 3. The number of hydrogen-bond acceptors (Lipinski definition) is 4. The number of primary amides is 1. The van der Waals surface area contributed by atoms with Crippen molar-refractivity contribution in [2.75, 3.05) is 31.6 Å². The maximum absolute atomic E-state index is 11.5. The van der Waals surface area contributed by atoms with Crippen molar-refractivity contribution in [2.45, 2.75) is 32.2 Å². The van der Waals surface area contributed by atoms with E-state index in [1.54, 1.807) is 13.2 Å². The molecule has 2 heterocycles. The van der Waals surface area contributed by atoms with Crippen LogP contribution in [0.15, 0.2) is 23.3 Å². The Morgan fingerprint density at radius 1 is 1.38 bits per heavy atom. The molecule has 2 fully saturated rings. The van der Waals surface area contributed by atoms with Crippen molar-refractivity contribution in [3.63, 3.8) is 0 Å². The minimum absolute atomic E-state index is 0. The number of piperidine rings is 1. The summed E-state index contributed by atoms with van der Waals surface area (Å²) in [7, 11) is 1.79. The van der Waals surface area contributed by atoms with E-state index >= 15 is 0 Å². The van der Waals surface area contributed by atoms with Crippen molar-refractivity contribution >= 4 is 41.7 Å². The minimum Gasteiger partial charge on any atom is -0.369 e. The lowest BCUT2D eigenvalue weighted by Gasteiger charge is -2.33. The number of aromatic nitrogens is 1. The van der Waals surface area contributed by atoms with Crippen molar-refractivity contribution in [3.05, 3.63) is 23.9 Å². The third kappa shape index (κ3) is 5.72.